The van der Waals surface area contributed by atoms with Gasteiger partial charge in [-0.3, -0.25) is 4.79 Å². The number of carbonyl (C=O) groups is 2. The van der Waals surface area contributed by atoms with E-state index in [4.69, 9.17) is 4.74 Å². The number of thiophene rings is 1. The Hall–Kier alpha value is -1.36. The molecule has 0 aliphatic heterocycles. The first-order valence-corrected chi connectivity index (χ1v) is 8.92. The Morgan fingerprint density at radius 3 is 2.77 bits per heavy atom. The second kappa shape index (κ2) is 7.27. The highest BCUT2D eigenvalue weighted by atomic mass is 32.1. The predicted octanol–water partition coefficient (Wildman–Crippen LogP) is 4.03. The van der Waals surface area contributed by atoms with Gasteiger partial charge in [0.1, 0.15) is 5.00 Å². The summed E-state index contributed by atoms with van der Waals surface area (Å²) in [6.07, 6.45) is 3.73. The number of carbonyl (C=O) groups excluding carboxylic acids is 2. The molecule has 0 saturated heterocycles. The molecule has 0 spiro atoms. The molecule has 1 aliphatic carbocycles. The van der Waals surface area contributed by atoms with E-state index in [-0.39, 0.29) is 17.8 Å². The van der Waals surface area contributed by atoms with Crippen LogP contribution in [0.2, 0.25) is 0 Å². The number of nitrogens with one attached hydrogen (secondary N) is 1. The molecule has 1 heterocycles. The van der Waals surface area contributed by atoms with E-state index in [1.165, 1.54) is 4.88 Å². The van der Waals surface area contributed by atoms with Gasteiger partial charge in [-0.1, -0.05) is 20.8 Å². The van der Waals surface area contributed by atoms with Gasteiger partial charge in [0, 0.05) is 10.8 Å². The van der Waals surface area contributed by atoms with Crippen molar-refractivity contribution in [2.24, 2.45) is 11.8 Å². The molecule has 0 bridgehead atoms. The minimum Gasteiger partial charge on any atom is -0.462 e. The van der Waals surface area contributed by atoms with E-state index in [9.17, 15) is 9.59 Å². The van der Waals surface area contributed by atoms with Gasteiger partial charge in [0.2, 0.25) is 5.91 Å². The minimum absolute atomic E-state index is 0.0281. The van der Waals surface area contributed by atoms with Crippen molar-refractivity contribution in [3.63, 3.8) is 0 Å². The highest BCUT2D eigenvalue weighted by molar-refractivity contribution is 7.17. The van der Waals surface area contributed by atoms with E-state index < -0.39 is 0 Å². The fraction of sp³-hybridized carbons (Fsp3) is 0.647. The van der Waals surface area contributed by atoms with E-state index in [1.807, 2.05) is 13.8 Å². The van der Waals surface area contributed by atoms with Crippen molar-refractivity contribution < 1.29 is 14.3 Å². The molecular formula is C17H25NO3S. The molecule has 4 nitrogen and oxygen atoms in total. The largest absolute Gasteiger partial charge is 0.462 e. The fourth-order valence-corrected chi connectivity index (χ4v) is 4.08. The Morgan fingerprint density at radius 1 is 1.41 bits per heavy atom. The van der Waals surface area contributed by atoms with Crippen LogP contribution in [0.1, 0.15) is 61.3 Å². The number of esters is 1. The molecule has 1 N–H and O–H groups in total. The third-order valence-corrected chi connectivity index (χ3v) is 5.46. The second-order valence-electron chi connectivity index (χ2n) is 6.07. The minimum atomic E-state index is -0.311. The Kier molecular flexibility index (Phi) is 5.62. The molecule has 22 heavy (non-hydrogen) atoms. The first kappa shape index (κ1) is 17.0. The zero-order valence-corrected chi connectivity index (χ0v) is 14.6. The van der Waals surface area contributed by atoms with Crippen molar-refractivity contribution in [2.45, 2.75) is 53.4 Å². The molecule has 0 radical (unpaired) electrons. The summed E-state index contributed by atoms with van der Waals surface area (Å²) < 4.78 is 5.20. The number of ether oxygens (including phenoxy) is 1. The van der Waals surface area contributed by atoms with Crippen LogP contribution in [0, 0.1) is 11.8 Å². The van der Waals surface area contributed by atoms with Crippen molar-refractivity contribution in [1.29, 1.82) is 0 Å². The summed E-state index contributed by atoms with van der Waals surface area (Å²) >= 11 is 1.54. The van der Waals surface area contributed by atoms with Gasteiger partial charge in [-0.05, 0) is 44.1 Å². The maximum Gasteiger partial charge on any atom is 0.341 e. The number of rotatable bonds is 5. The van der Waals surface area contributed by atoms with Crippen molar-refractivity contribution in [3.05, 3.63) is 16.0 Å². The molecule has 2 unspecified atom stereocenters. The summed E-state index contributed by atoms with van der Waals surface area (Å²) in [4.78, 5) is 25.8. The van der Waals surface area contributed by atoms with Crippen LogP contribution in [0.4, 0.5) is 5.00 Å². The first-order chi connectivity index (χ1) is 10.5. The molecular weight excluding hydrogens is 298 g/mol. The summed E-state index contributed by atoms with van der Waals surface area (Å²) in [5, 5.41) is 3.62. The van der Waals surface area contributed by atoms with Gasteiger partial charge in [-0.2, -0.15) is 0 Å². The van der Waals surface area contributed by atoms with Crippen LogP contribution in [0.3, 0.4) is 0 Å². The number of hydrogen-bond donors (Lipinski definition) is 1. The number of amides is 1. The standard InChI is InChI=1S/C17H25NO3S/c1-5-11(4)15(19)18-16-14(17(20)21-6-2)12-8-7-10(3)9-13(12)22-16/h10-11H,5-9H2,1-4H3,(H,18,19). The Balaban J connectivity index is 2.35. The molecule has 1 amide bonds. The van der Waals surface area contributed by atoms with E-state index in [0.29, 0.717) is 23.1 Å². The van der Waals surface area contributed by atoms with E-state index >= 15 is 0 Å². The average Bonchev–Trinajstić information content (AvgIpc) is 2.83. The lowest BCUT2D eigenvalue weighted by Gasteiger charge is -2.18. The van der Waals surface area contributed by atoms with Gasteiger partial charge < -0.3 is 10.1 Å². The van der Waals surface area contributed by atoms with Crippen molar-refractivity contribution in [1.82, 2.24) is 0 Å². The Labute approximate surface area is 136 Å². The number of fused-ring (bicyclic) bond motifs is 1. The van der Waals surface area contributed by atoms with Gasteiger partial charge in [-0.25, -0.2) is 4.79 Å². The fourth-order valence-electron chi connectivity index (χ4n) is 2.68. The topological polar surface area (TPSA) is 55.4 Å². The zero-order valence-electron chi connectivity index (χ0n) is 13.8. The summed E-state index contributed by atoms with van der Waals surface area (Å²) in [6.45, 7) is 8.26. The van der Waals surface area contributed by atoms with Crippen LogP contribution in [0.5, 0.6) is 0 Å². The molecule has 5 heteroatoms. The van der Waals surface area contributed by atoms with Crippen LogP contribution in [0.15, 0.2) is 0 Å². The lowest BCUT2D eigenvalue weighted by molar-refractivity contribution is -0.119. The molecule has 1 aromatic heterocycles. The highest BCUT2D eigenvalue weighted by Gasteiger charge is 2.29. The van der Waals surface area contributed by atoms with Crippen molar-refractivity contribution in [2.75, 3.05) is 11.9 Å². The molecule has 0 saturated carbocycles. The average molecular weight is 323 g/mol. The van der Waals surface area contributed by atoms with Gasteiger partial charge in [0.25, 0.3) is 0 Å². The molecule has 2 rings (SSSR count). The van der Waals surface area contributed by atoms with E-state index in [0.717, 1.165) is 31.2 Å². The molecule has 2 atom stereocenters. The van der Waals surface area contributed by atoms with Crippen LogP contribution >= 0.6 is 11.3 Å². The van der Waals surface area contributed by atoms with E-state index in [2.05, 4.69) is 12.2 Å². The molecule has 0 fully saturated rings. The van der Waals surface area contributed by atoms with Gasteiger partial charge in [0.05, 0.1) is 12.2 Å². The van der Waals surface area contributed by atoms with Gasteiger partial charge in [0.15, 0.2) is 0 Å². The van der Waals surface area contributed by atoms with E-state index in [1.54, 1.807) is 18.3 Å². The normalized spacial score (nSPS) is 18.5. The lowest BCUT2D eigenvalue weighted by atomic mass is 9.88. The predicted molar refractivity (Wildman–Crippen MR) is 89.5 cm³/mol. The summed E-state index contributed by atoms with van der Waals surface area (Å²) in [6, 6.07) is 0. The monoisotopic (exact) mass is 323 g/mol. The molecule has 0 aromatic carbocycles. The summed E-state index contributed by atoms with van der Waals surface area (Å²) in [5.41, 5.74) is 1.67. The third kappa shape index (κ3) is 3.51. The van der Waals surface area contributed by atoms with Crippen molar-refractivity contribution in [3.8, 4) is 0 Å². The molecule has 122 valence electrons. The Morgan fingerprint density at radius 2 is 2.14 bits per heavy atom. The maximum absolute atomic E-state index is 12.3. The van der Waals surface area contributed by atoms with Crippen molar-refractivity contribution >= 4 is 28.2 Å². The van der Waals surface area contributed by atoms with Gasteiger partial charge in [-0.15, -0.1) is 11.3 Å². The lowest BCUT2D eigenvalue weighted by Crippen LogP contribution is -2.21. The molecule has 1 aliphatic rings. The quantitative estimate of drug-likeness (QED) is 0.832. The van der Waals surface area contributed by atoms with Gasteiger partial charge >= 0.3 is 5.97 Å². The van der Waals surface area contributed by atoms with Crippen LogP contribution in [-0.4, -0.2) is 18.5 Å². The second-order valence-corrected chi connectivity index (χ2v) is 7.18. The number of anilines is 1. The summed E-state index contributed by atoms with van der Waals surface area (Å²) in [5.74, 6) is 0.223. The first-order valence-electron chi connectivity index (χ1n) is 8.10. The Bertz CT molecular complexity index is 564. The molecule has 1 aromatic rings. The smallest absolute Gasteiger partial charge is 0.341 e. The van der Waals surface area contributed by atoms with Crippen LogP contribution in [-0.2, 0) is 22.4 Å². The number of hydrogen-bond acceptors (Lipinski definition) is 4. The highest BCUT2D eigenvalue weighted by Crippen LogP contribution is 2.40. The van der Waals surface area contributed by atoms with Crippen LogP contribution < -0.4 is 5.32 Å². The zero-order chi connectivity index (χ0) is 16.3. The summed E-state index contributed by atoms with van der Waals surface area (Å²) in [7, 11) is 0. The van der Waals surface area contributed by atoms with Crippen LogP contribution in [0.25, 0.3) is 0 Å². The maximum atomic E-state index is 12.3. The SMILES string of the molecule is CCOC(=O)c1c(NC(=O)C(C)CC)sc2c1CCC(C)C2. The third-order valence-electron chi connectivity index (χ3n) is 4.29.